The first-order valence-electron chi connectivity index (χ1n) is 11.8. The van der Waals surface area contributed by atoms with Gasteiger partial charge in [-0.15, -0.1) is 0 Å². The highest BCUT2D eigenvalue weighted by Gasteiger charge is 2.35. The van der Waals surface area contributed by atoms with Crippen LogP contribution in [0.25, 0.3) is 0 Å². The Balaban J connectivity index is 3.30. The topological polar surface area (TPSA) is 87.7 Å². The summed E-state index contributed by atoms with van der Waals surface area (Å²) in [5.41, 5.74) is 1.04. The molecule has 8 heteroatoms. The Labute approximate surface area is 204 Å². The summed E-state index contributed by atoms with van der Waals surface area (Å²) in [5, 5.41) is 5.61. The number of aryl methyl sites for hydroxylation is 1. The second kappa shape index (κ2) is 14.1. The molecule has 33 heavy (non-hydrogen) atoms. The van der Waals surface area contributed by atoms with E-state index in [1.54, 1.807) is 25.7 Å². The number of benzene rings is 1. The third kappa shape index (κ3) is 10.1. The molecule has 0 aromatic heterocycles. The van der Waals surface area contributed by atoms with Gasteiger partial charge in [-0.05, 0) is 46.1 Å². The van der Waals surface area contributed by atoms with Gasteiger partial charge < -0.3 is 20.3 Å². The summed E-state index contributed by atoms with van der Waals surface area (Å²) in [7, 11) is 0. The zero-order valence-corrected chi connectivity index (χ0v) is 21.8. The molecule has 3 amide bonds. The van der Waals surface area contributed by atoms with Crippen molar-refractivity contribution in [1.29, 1.82) is 0 Å². The Hall–Kier alpha value is -2.22. The molecule has 0 aliphatic carbocycles. The minimum absolute atomic E-state index is 0.0820. The van der Waals surface area contributed by atoms with Crippen LogP contribution < -0.4 is 10.6 Å². The van der Waals surface area contributed by atoms with Crippen molar-refractivity contribution >= 4 is 30.5 Å². The normalized spacial score (nSPS) is 13.1. The van der Waals surface area contributed by atoms with Crippen LogP contribution in [-0.4, -0.2) is 53.3 Å². The van der Waals surface area contributed by atoms with Gasteiger partial charge in [0.15, 0.2) is 0 Å². The van der Waals surface area contributed by atoms with Gasteiger partial charge in [0.1, 0.15) is 17.7 Å². The molecular formula is C25H41N3O4S. The minimum atomic E-state index is -0.921. The van der Waals surface area contributed by atoms with E-state index in [-0.39, 0.29) is 17.6 Å². The van der Waals surface area contributed by atoms with E-state index >= 15 is 0 Å². The van der Waals surface area contributed by atoms with Gasteiger partial charge in [0.2, 0.25) is 11.8 Å². The number of carbonyl (C=O) groups is 3. The van der Waals surface area contributed by atoms with Crippen LogP contribution in [0, 0.1) is 6.92 Å². The molecule has 2 atom stereocenters. The van der Waals surface area contributed by atoms with Crippen molar-refractivity contribution in [2.24, 2.45) is 0 Å². The first kappa shape index (κ1) is 28.8. The molecule has 1 aromatic carbocycles. The molecule has 2 N–H and O–H groups in total. The molecule has 0 aliphatic heterocycles. The van der Waals surface area contributed by atoms with Crippen LogP contribution in [0.15, 0.2) is 24.3 Å². The van der Waals surface area contributed by atoms with Crippen LogP contribution in [0.4, 0.5) is 4.79 Å². The van der Waals surface area contributed by atoms with Crippen molar-refractivity contribution in [3.05, 3.63) is 35.4 Å². The van der Waals surface area contributed by atoms with Crippen LogP contribution in [-0.2, 0) is 14.3 Å². The third-order valence-electron chi connectivity index (χ3n) is 4.95. The third-order valence-corrected chi connectivity index (χ3v) is 5.32. The first-order valence-corrected chi connectivity index (χ1v) is 12.4. The molecular weight excluding hydrogens is 438 g/mol. The van der Waals surface area contributed by atoms with Crippen molar-refractivity contribution in [3.8, 4) is 0 Å². The van der Waals surface area contributed by atoms with Gasteiger partial charge in [-0.25, -0.2) is 4.79 Å². The van der Waals surface area contributed by atoms with Gasteiger partial charge in [-0.2, -0.15) is 12.6 Å². The smallest absolute Gasteiger partial charge is 0.408 e. The maximum absolute atomic E-state index is 13.6. The van der Waals surface area contributed by atoms with E-state index in [4.69, 9.17) is 4.74 Å². The number of hydrogen-bond donors (Lipinski definition) is 3. The minimum Gasteiger partial charge on any atom is -0.444 e. The summed E-state index contributed by atoms with van der Waals surface area (Å²) in [6, 6.07) is 5.90. The number of amides is 3. The van der Waals surface area contributed by atoms with E-state index in [2.05, 4.69) is 30.2 Å². The monoisotopic (exact) mass is 479 g/mol. The van der Waals surface area contributed by atoms with Crippen LogP contribution in [0.1, 0.15) is 77.5 Å². The molecule has 0 aliphatic rings. The lowest BCUT2D eigenvalue weighted by Gasteiger charge is -2.34. The Morgan fingerprint density at radius 3 is 2.33 bits per heavy atom. The molecule has 0 bridgehead atoms. The Morgan fingerprint density at radius 1 is 1.12 bits per heavy atom. The summed E-state index contributed by atoms with van der Waals surface area (Å²) >= 11 is 4.30. The number of ether oxygens (including phenoxy) is 1. The number of rotatable bonds is 12. The fourth-order valence-electron chi connectivity index (χ4n) is 3.33. The predicted molar refractivity (Wildman–Crippen MR) is 135 cm³/mol. The zero-order valence-electron chi connectivity index (χ0n) is 20.9. The number of carbonyl (C=O) groups excluding carboxylic acids is 3. The fraction of sp³-hybridized carbons (Fsp3) is 0.640. The average Bonchev–Trinajstić information content (AvgIpc) is 2.73. The Kier molecular flexibility index (Phi) is 12.3. The lowest BCUT2D eigenvalue weighted by Crippen LogP contribution is -2.54. The van der Waals surface area contributed by atoms with Crippen LogP contribution in [0.3, 0.4) is 0 Å². The van der Waals surface area contributed by atoms with E-state index in [1.165, 1.54) is 0 Å². The zero-order chi connectivity index (χ0) is 25.0. The van der Waals surface area contributed by atoms with Crippen molar-refractivity contribution in [2.45, 2.75) is 84.9 Å². The first-order chi connectivity index (χ1) is 15.5. The largest absolute Gasteiger partial charge is 0.444 e. The molecule has 1 aromatic rings. The summed E-state index contributed by atoms with van der Waals surface area (Å²) in [5.74, 6) is -0.506. The number of unbranched alkanes of at least 4 members (excludes halogenated alkanes) is 2. The number of alkyl carbamates (subject to hydrolysis) is 1. The highest BCUT2D eigenvalue weighted by atomic mass is 32.1. The molecule has 0 heterocycles. The molecule has 0 fully saturated rings. The van der Waals surface area contributed by atoms with Gasteiger partial charge in [0, 0.05) is 18.8 Å². The molecule has 0 radical (unpaired) electrons. The van der Waals surface area contributed by atoms with E-state index in [1.807, 2.05) is 38.1 Å². The second-order valence-electron chi connectivity index (χ2n) is 9.23. The van der Waals surface area contributed by atoms with Crippen molar-refractivity contribution in [1.82, 2.24) is 15.5 Å². The standard InChI is InChI=1S/C25H41N3O4S/c1-7-9-14-26-22(29)21(19-13-11-12-18(3)16-19)28(15-10-8-2)23(30)20(17-33)27-24(31)32-25(4,5)6/h11-13,16,20-21,33H,7-10,14-15,17H2,1-6H3,(H,26,29)(H,27,31). The van der Waals surface area contributed by atoms with E-state index in [0.29, 0.717) is 13.1 Å². The lowest BCUT2D eigenvalue weighted by molar-refractivity contribution is -0.142. The highest BCUT2D eigenvalue weighted by Crippen LogP contribution is 2.24. The molecule has 186 valence electrons. The van der Waals surface area contributed by atoms with E-state index in [0.717, 1.165) is 36.8 Å². The maximum Gasteiger partial charge on any atom is 0.408 e. The number of nitrogens with one attached hydrogen (secondary N) is 2. The highest BCUT2D eigenvalue weighted by molar-refractivity contribution is 7.80. The van der Waals surface area contributed by atoms with Gasteiger partial charge in [0.05, 0.1) is 0 Å². The molecule has 0 spiro atoms. The van der Waals surface area contributed by atoms with E-state index < -0.39 is 23.8 Å². The van der Waals surface area contributed by atoms with Gasteiger partial charge in [0.25, 0.3) is 0 Å². The lowest BCUT2D eigenvalue weighted by atomic mass is 10.0. The van der Waals surface area contributed by atoms with E-state index in [9.17, 15) is 14.4 Å². The van der Waals surface area contributed by atoms with Crippen LogP contribution in [0.5, 0.6) is 0 Å². The van der Waals surface area contributed by atoms with Crippen LogP contribution in [0.2, 0.25) is 0 Å². The summed E-state index contributed by atoms with van der Waals surface area (Å²) in [6.45, 7) is 12.2. The van der Waals surface area contributed by atoms with Gasteiger partial charge in [-0.1, -0.05) is 56.5 Å². The molecule has 0 saturated carbocycles. The molecule has 2 unspecified atom stereocenters. The summed E-state index contributed by atoms with van der Waals surface area (Å²) in [6.07, 6.45) is 2.70. The van der Waals surface area contributed by atoms with Crippen molar-refractivity contribution in [2.75, 3.05) is 18.8 Å². The van der Waals surface area contributed by atoms with Gasteiger partial charge >= 0.3 is 6.09 Å². The molecule has 1 rings (SSSR count). The fourth-order valence-corrected chi connectivity index (χ4v) is 3.58. The Bertz CT molecular complexity index is 779. The van der Waals surface area contributed by atoms with Crippen LogP contribution >= 0.6 is 12.6 Å². The molecule has 0 saturated heterocycles. The van der Waals surface area contributed by atoms with Gasteiger partial charge in [-0.3, -0.25) is 9.59 Å². The second-order valence-corrected chi connectivity index (χ2v) is 9.59. The summed E-state index contributed by atoms with van der Waals surface area (Å²) in [4.78, 5) is 40.9. The average molecular weight is 480 g/mol. The SMILES string of the molecule is CCCCNC(=O)C(c1cccc(C)c1)N(CCCC)C(=O)C(CS)NC(=O)OC(C)(C)C. The quantitative estimate of drug-likeness (QED) is 0.306. The van der Waals surface area contributed by atoms with Crippen molar-refractivity contribution in [3.63, 3.8) is 0 Å². The number of hydrogen-bond acceptors (Lipinski definition) is 5. The number of thiol groups is 1. The maximum atomic E-state index is 13.6. The summed E-state index contributed by atoms with van der Waals surface area (Å²) < 4.78 is 5.32. The van der Waals surface area contributed by atoms with Crippen molar-refractivity contribution < 1.29 is 19.1 Å². The molecule has 7 nitrogen and oxygen atoms in total. The number of nitrogens with zero attached hydrogens (tertiary/aromatic N) is 1. The predicted octanol–water partition coefficient (Wildman–Crippen LogP) is 4.40. The Morgan fingerprint density at radius 2 is 1.79 bits per heavy atom.